The van der Waals surface area contributed by atoms with Crippen LogP contribution in [0.3, 0.4) is 0 Å². The van der Waals surface area contributed by atoms with Gasteiger partial charge >= 0.3 is 5.97 Å². The Balaban J connectivity index is 2.09. The maximum absolute atomic E-state index is 14.7. The fraction of sp³-hybridized carbons (Fsp3) is 0.294. The van der Waals surface area contributed by atoms with E-state index in [0.717, 1.165) is 30.3 Å². The molecule has 8 heteroatoms. The molecule has 0 saturated carbocycles. The quantitative estimate of drug-likeness (QED) is 0.742. The van der Waals surface area contributed by atoms with Crippen molar-refractivity contribution in [3.05, 3.63) is 44.8 Å². The molecule has 3 heterocycles. The Hall–Kier alpha value is -2.06. The molecule has 0 unspecified atom stereocenters. The van der Waals surface area contributed by atoms with Crippen LogP contribution >= 0.6 is 23.1 Å². The molecule has 5 nitrogen and oxygen atoms in total. The number of thioether (sulfide) groups is 1. The predicted octanol–water partition coefficient (Wildman–Crippen LogP) is 3.21. The number of aromatic nitrogens is 1. The molecule has 1 fully saturated rings. The van der Waals surface area contributed by atoms with Gasteiger partial charge in [0, 0.05) is 35.7 Å². The van der Waals surface area contributed by atoms with Crippen LogP contribution in [-0.4, -0.2) is 40.1 Å². The summed E-state index contributed by atoms with van der Waals surface area (Å²) in [7, 11) is 0. The number of aryl methyl sites for hydroxylation is 1. The minimum absolute atomic E-state index is 0.101. The first-order valence-corrected chi connectivity index (χ1v) is 9.84. The smallest absolute Gasteiger partial charge is 0.342 e. The molecule has 0 amide bonds. The zero-order valence-electron chi connectivity index (χ0n) is 13.4. The first-order valence-electron chi connectivity index (χ1n) is 7.81. The van der Waals surface area contributed by atoms with Crippen LogP contribution in [0.5, 0.6) is 0 Å². The SMILES string of the molecule is Cc1csc2c(C(=O)O)c(=O)c3cc(F)c(N4CCSCC4)cc3n12. The van der Waals surface area contributed by atoms with Crippen LogP contribution in [0.1, 0.15) is 16.1 Å². The summed E-state index contributed by atoms with van der Waals surface area (Å²) in [5.74, 6) is 0.0920. The summed E-state index contributed by atoms with van der Waals surface area (Å²) >= 11 is 3.05. The number of rotatable bonds is 2. The second-order valence-electron chi connectivity index (χ2n) is 5.95. The standard InChI is InChI=1S/C17H15FN2O3S2/c1-9-8-25-16-14(17(22)23)15(21)10-6-11(18)13(7-12(10)20(9)16)19-2-4-24-5-3-19/h6-8H,2-5H2,1H3,(H,22,23). The van der Waals surface area contributed by atoms with E-state index in [-0.39, 0.29) is 10.9 Å². The van der Waals surface area contributed by atoms with E-state index in [4.69, 9.17) is 0 Å². The maximum Gasteiger partial charge on any atom is 0.342 e. The van der Waals surface area contributed by atoms with Crippen LogP contribution in [0.25, 0.3) is 15.7 Å². The molecule has 1 saturated heterocycles. The molecule has 1 aliphatic heterocycles. The fourth-order valence-corrected chi connectivity index (χ4v) is 5.20. The van der Waals surface area contributed by atoms with Gasteiger partial charge in [-0.15, -0.1) is 11.3 Å². The van der Waals surface area contributed by atoms with Gasteiger partial charge in [-0.25, -0.2) is 9.18 Å². The van der Waals surface area contributed by atoms with Gasteiger partial charge in [0.05, 0.1) is 16.6 Å². The molecule has 0 bridgehead atoms. The maximum atomic E-state index is 14.7. The number of pyridine rings is 1. The molecule has 0 radical (unpaired) electrons. The lowest BCUT2D eigenvalue weighted by Crippen LogP contribution is -2.33. The van der Waals surface area contributed by atoms with Crippen molar-refractivity contribution in [3.8, 4) is 0 Å². The van der Waals surface area contributed by atoms with Gasteiger partial charge in [-0.3, -0.25) is 4.79 Å². The van der Waals surface area contributed by atoms with E-state index in [9.17, 15) is 19.1 Å². The van der Waals surface area contributed by atoms with E-state index < -0.39 is 17.2 Å². The van der Waals surface area contributed by atoms with Gasteiger partial charge in [-0.1, -0.05) is 0 Å². The number of carbonyl (C=O) groups is 1. The number of aromatic carboxylic acids is 1. The van der Waals surface area contributed by atoms with Crippen molar-refractivity contribution in [2.75, 3.05) is 29.5 Å². The van der Waals surface area contributed by atoms with E-state index in [1.165, 1.54) is 17.4 Å². The van der Waals surface area contributed by atoms with Crippen LogP contribution in [0.15, 0.2) is 22.3 Å². The highest BCUT2D eigenvalue weighted by Crippen LogP contribution is 2.30. The molecular formula is C17H15FN2O3S2. The monoisotopic (exact) mass is 378 g/mol. The number of carboxylic acids is 1. The van der Waals surface area contributed by atoms with E-state index in [0.29, 0.717) is 16.0 Å². The number of benzene rings is 1. The minimum Gasteiger partial charge on any atom is -0.477 e. The van der Waals surface area contributed by atoms with Crippen molar-refractivity contribution in [3.63, 3.8) is 0 Å². The average Bonchev–Trinajstić information content (AvgIpc) is 2.97. The highest BCUT2D eigenvalue weighted by atomic mass is 32.2. The van der Waals surface area contributed by atoms with Crippen LogP contribution in [-0.2, 0) is 0 Å². The van der Waals surface area contributed by atoms with Crippen molar-refractivity contribution >= 4 is 50.5 Å². The van der Waals surface area contributed by atoms with Crippen molar-refractivity contribution in [2.24, 2.45) is 0 Å². The lowest BCUT2D eigenvalue weighted by molar-refractivity contribution is 0.0697. The normalized spacial score (nSPS) is 15.2. The van der Waals surface area contributed by atoms with Crippen LogP contribution in [0.2, 0.25) is 0 Å². The van der Waals surface area contributed by atoms with Crippen LogP contribution in [0, 0.1) is 12.7 Å². The topological polar surface area (TPSA) is 62.0 Å². The Labute approximate surface area is 150 Å². The third-order valence-corrected chi connectivity index (χ3v) is 6.47. The highest BCUT2D eigenvalue weighted by molar-refractivity contribution is 7.99. The lowest BCUT2D eigenvalue weighted by atomic mass is 10.1. The van der Waals surface area contributed by atoms with Gasteiger partial charge < -0.3 is 14.4 Å². The van der Waals surface area contributed by atoms with Gasteiger partial charge in [0.2, 0.25) is 5.43 Å². The van der Waals surface area contributed by atoms with E-state index in [1.54, 1.807) is 15.8 Å². The average molecular weight is 378 g/mol. The van der Waals surface area contributed by atoms with Gasteiger partial charge in [0.15, 0.2) is 0 Å². The Morgan fingerprint density at radius 1 is 1.28 bits per heavy atom. The largest absolute Gasteiger partial charge is 0.477 e. The molecule has 4 rings (SSSR count). The molecule has 1 N–H and O–H groups in total. The van der Waals surface area contributed by atoms with Gasteiger partial charge in [-0.05, 0) is 19.1 Å². The molecule has 0 aliphatic carbocycles. The van der Waals surface area contributed by atoms with E-state index in [2.05, 4.69) is 0 Å². The number of hydrogen-bond acceptors (Lipinski definition) is 5. The molecular weight excluding hydrogens is 363 g/mol. The Morgan fingerprint density at radius 2 is 2.00 bits per heavy atom. The number of anilines is 1. The summed E-state index contributed by atoms with van der Waals surface area (Å²) in [5.41, 5.74) is 0.906. The number of halogens is 1. The lowest BCUT2D eigenvalue weighted by Gasteiger charge is -2.29. The summed E-state index contributed by atoms with van der Waals surface area (Å²) in [4.78, 5) is 26.6. The predicted molar refractivity (Wildman–Crippen MR) is 100 cm³/mol. The van der Waals surface area contributed by atoms with Crippen molar-refractivity contribution in [2.45, 2.75) is 6.92 Å². The molecule has 1 aromatic carbocycles. The Kier molecular flexibility index (Phi) is 3.96. The molecule has 2 aromatic heterocycles. The molecule has 0 atom stereocenters. The van der Waals surface area contributed by atoms with Crippen molar-refractivity contribution in [1.29, 1.82) is 0 Å². The summed E-state index contributed by atoms with van der Waals surface area (Å²) in [5, 5.41) is 11.4. The molecule has 1 aliphatic rings. The number of carboxylic acid groups (broad SMARTS) is 1. The Bertz CT molecular complexity index is 1070. The number of thiazole rings is 1. The first kappa shape index (κ1) is 16.4. The number of hydrogen-bond donors (Lipinski definition) is 1. The summed E-state index contributed by atoms with van der Waals surface area (Å²) in [6, 6.07) is 2.87. The number of nitrogens with zero attached hydrogens (tertiary/aromatic N) is 2. The highest BCUT2D eigenvalue weighted by Gasteiger charge is 2.23. The fourth-order valence-electron chi connectivity index (χ4n) is 3.26. The van der Waals surface area contributed by atoms with Crippen molar-refractivity contribution < 1.29 is 14.3 Å². The Morgan fingerprint density at radius 3 is 2.68 bits per heavy atom. The van der Waals surface area contributed by atoms with Crippen LogP contribution in [0.4, 0.5) is 10.1 Å². The second kappa shape index (κ2) is 6.03. The molecule has 0 spiro atoms. The molecule has 3 aromatic rings. The first-order chi connectivity index (χ1) is 12.0. The second-order valence-corrected chi connectivity index (χ2v) is 8.03. The minimum atomic E-state index is -1.29. The summed E-state index contributed by atoms with van der Waals surface area (Å²) < 4.78 is 16.4. The third kappa shape index (κ3) is 2.51. The summed E-state index contributed by atoms with van der Waals surface area (Å²) in [6.45, 7) is 3.35. The zero-order valence-corrected chi connectivity index (χ0v) is 15.0. The van der Waals surface area contributed by atoms with E-state index >= 15 is 0 Å². The molecule has 25 heavy (non-hydrogen) atoms. The van der Waals surface area contributed by atoms with Gasteiger partial charge in [0.1, 0.15) is 16.2 Å². The van der Waals surface area contributed by atoms with Crippen molar-refractivity contribution in [1.82, 2.24) is 4.40 Å². The summed E-state index contributed by atoms with van der Waals surface area (Å²) in [6.07, 6.45) is 0. The third-order valence-electron chi connectivity index (χ3n) is 4.45. The zero-order chi connectivity index (χ0) is 17.7. The van der Waals surface area contributed by atoms with Crippen LogP contribution < -0.4 is 10.3 Å². The van der Waals surface area contributed by atoms with Gasteiger partial charge in [0.25, 0.3) is 0 Å². The number of fused-ring (bicyclic) bond motifs is 3. The molecule has 130 valence electrons. The van der Waals surface area contributed by atoms with Gasteiger partial charge in [-0.2, -0.15) is 11.8 Å². The van der Waals surface area contributed by atoms with E-state index in [1.807, 2.05) is 23.6 Å².